The number of hydrogen-bond acceptors (Lipinski definition) is 3. The van der Waals surface area contributed by atoms with E-state index in [0.29, 0.717) is 0 Å². The molecule has 1 atom stereocenters. The summed E-state index contributed by atoms with van der Waals surface area (Å²) in [5.74, 6) is -1.04. The molecule has 0 spiro atoms. The summed E-state index contributed by atoms with van der Waals surface area (Å²) in [6.45, 7) is 1.50. The van der Waals surface area contributed by atoms with E-state index in [9.17, 15) is 14.0 Å². The first kappa shape index (κ1) is 14.1. The van der Waals surface area contributed by atoms with Crippen LogP contribution >= 0.6 is 0 Å². The smallest absolute Gasteiger partial charge is 0.239 e. The fourth-order valence-corrected chi connectivity index (χ4v) is 1.38. The molecule has 1 rings (SSSR count). The van der Waals surface area contributed by atoms with Gasteiger partial charge in [0, 0.05) is 0 Å². The maximum absolute atomic E-state index is 12.7. The predicted molar refractivity (Wildman–Crippen MR) is 65.0 cm³/mol. The molecule has 0 aromatic heterocycles. The summed E-state index contributed by atoms with van der Waals surface area (Å²) in [6, 6.07) is 5.59. The van der Waals surface area contributed by atoms with Crippen LogP contribution in [0.4, 0.5) is 4.39 Å². The quantitative estimate of drug-likeness (QED) is 0.694. The molecule has 0 saturated carbocycles. The first-order valence-electron chi connectivity index (χ1n) is 5.54. The van der Waals surface area contributed by atoms with Gasteiger partial charge in [-0.1, -0.05) is 12.1 Å². The van der Waals surface area contributed by atoms with E-state index in [1.165, 1.54) is 12.1 Å². The van der Waals surface area contributed by atoms with Crippen molar-refractivity contribution in [2.75, 3.05) is 13.1 Å². The minimum atomic E-state index is -0.389. The number of halogens is 1. The lowest BCUT2D eigenvalue weighted by Gasteiger charge is -2.14. The zero-order valence-electron chi connectivity index (χ0n) is 10.1. The van der Waals surface area contributed by atoms with Crippen molar-refractivity contribution in [3.05, 3.63) is 35.6 Å². The van der Waals surface area contributed by atoms with Gasteiger partial charge < -0.3 is 16.4 Å². The SMILES string of the molecule is C[C@H](NC(=O)CNC(=O)CN)c1ccc(F)cc1. The van der Waals surface area contributed by atoms with Gasteiger partial charge in [0.1, 0.15) is 5.82 Å². The molecule has 4 N–H and O–H groups in total. The molecular weight excluding hydrogens is 237 g/mol. The average Bonchev–Trinajstić information content (AvgIpc) is 2.36. The summed E-state index contributed by atoms with van der Waals surface area (Å²) in [7, 11) is 0. The Hall–Kier alpha value is -1.95. The molecule has 0 radical (unpaired) electrons. The number of amides is 2. The molecule has 0 fully saturated rings. The van der Waals surface area contributed by atoms with E-state index in [0.717, 1.165) is 5.56 Å². The third-order valence-electron chi connectivity index (χ3n) is 2.38. The number of hydrogen-bond donors (Lipinski definition) is 3. The van der Waals surface area contributed by atoms with Crippen molar-refractivity contribution in [2.24, 2.45) is 5.73 Å². The molecule has 0 aliphatic carbocycles. The zero-order chi connectivity index (χ0) is 13.5. The maximum Gasteiger partial charge on any atom is 0.239 e. The zero-order valence-corrected chi connectivity index (χ0v) is 10.1. The lowest BCUT2D eigenvalue weighted by molar-refractivity contribution is -0.125. The Morgan fingerprint density at radius 2 is 1.89 bits per heavy atom. The van der Waals surface area contributed by atoms with Gasteiger partial charge >= 0.3 is 0 Å². The number of carbonyl (C=O) groups is 2. The van der Waals surface area contributed by atoms with Crippen LogP contribution in [0.25, 0.3) is 0 Å². The van der Waals surface area contributed by atoms with Gasteiger partial charge in [-0.15, -0.1) is 0 Å². The first-order chi connectivity index (χ1) is 8.52. The highest BCUT2D eigenvalue weighted by Gasteiger charge is 2.10. The second-order valence-corrected chi connectivity index (χ2v) is 3.82. The monoisotopic (exact) mass is 253 g/mol. The summed E-state index contributed by atoms with van der Waals surface area (Å²) in [5.41, 5.74) is 5.87. The van der Waals surface area contributed by atoms with Crippen LogP contribution in [0.5, 0.6) is 0 Å². The van der Waals surface area contributed by atoms with E-state index >= 15 is 0 Å². The number of benzene rings is 1. The van der Waals surface area contributed by atoms with Crippen molar-refractivity contribution in [3.63, 3.8) is 0 Å². The van der Waals surface area contributed by atoms with Crippen LogP contribution in [0.1, 0.15) is 18.5 Å². The fourth-order valence-electron chi connectivity index (χ4n) is 1.38. The minimum Gasteiger partial charge on any atom is -0.348 e. The lowest BCUT2D eigenvalue weighted by Crippen LogP contribution is -2.40. The Morgan fingerprint density at radius 1 is 1.28 bits per heavy atom. The van der Waals surface area contributed by atoms with Crippen LogP contribution in [0.3, 0.4) is 0 Å². The summed E-state index contributed by atoms with van der Waals surface area (Å²) in [6.07, 6.45) is 0. The Labute approximate surface area is 105 Å². The molecule has 0 aliphatic heterocycles. The highest BCUT2D eigenvalue weighted by Crippen LogP contribution is 2.12. The number of carbonyl (C=O) groups excluding carboxylic acids is 2. The van der Waals surface area contributed by atoms with Crippen LogP contribution in [0.2, 0.25) is 0 Å². The van der Waals surface area contributed by atoms with Crippen molar-refractivity contribution in [1.82, 2.24) is 10.6 Å². The van der Waals surface area contributed by atoms with Crippen molar-refractivity contribution in [2.45, 2.75) is 13.0 Å². The molecule has 6 heteroatoms. The summed E-state index contributed by atoms with van der Waals surface area (Å²) in [4.78, 5) is 22.3. The van der Waals surface area contributed by atoms with E-state index in [2.05, 4.69) is 10.6 Å². The number of nitrogens with one attached hydrogen (secondary N) is 2. The van der Waals surface area contributed by atoms with Gasteiger partial charge in [-0.2, -0.15) is 0 Å². The van der Waals surface area contributed by atoms with Gasteiger partial charge in [-0.3, -0.25) is 9.59 Å². The summed E-state index contributed by atoms with van der Waals surface area (Å²) >= 11 is 0. The van der Waals surface area contributed by atoms with Gasteiger partial charge in [0.25, 0.3) is 0 Å². The second kappa shape index (κ2) is 6.70. The van der Waals surface area contributed by atoms with Gasteiger partial charge in [-0.25, -0.2) is 4.39 Å². The third kappa shape index (κ3) is 4.50. The van der Waals surface area contributed by atoms with Crippen molar-refractivity contribution in [1.29, 1.82) is 0 Å². The molecule has 0 unspecified atom stereocenters. The lowest BCUT2D eigenvalue weighted by atomic mass is 10.1. The van der Waals surface area contributed by atoms with Crippen LogP contribution in [-0.4, -0.2) is 24.9 Å². The predicted octanol–water partition coefficient (Wildman–Crippen LogP) is 0.0778. The number of rotatable bonds is 5. The van der Waals surface area contributed by atoms with E-state index in [1.807, 2.05) is 0 Å². The van der Waals surface area contributed by atoms with Gasteiger partial charge in [0.05, 0.1) is 19.1 Å². The van der Waals surface area contributed by atoms with Crippen molar-refractivity contribution in [3.8, 4) is 0 Å². The highest BCUT2D eigenvalue weighted by molar-refractivity contribution is 5.85. The Balaban J connectivity index is 2.44. The first-order valence-corrected chi connectivity index (χ1v) is 5.54. The Bertz CT molecular complexity index is 420. The molecule has 1 aromatic rings. The Morgan fingerprint density at radius 3 is 2.44 bits per heavy atom. The van der Waals surface area contributed by atoms with Crippen LogP contribution in [-0.2, 0) is 9.59 Å². The fraction of sp³-hybridized carbons (Fsp3) is 0.333. The molecule has 0 aliphatic rings. The second-order valence-electron chi connectivity index (χ2n) is 3.82. The Kier molecular flexibility index (Phi) is 5.26. The molecule has 1 aromatic carbocycles. The van der Waals surface area contributed by atoms with E-state index < -0.39 is 0 Å². The standard InChI is InChI=1S/C12H16FN3O2/c1-8(9-2-4-10(13)5-3-9)16-12(18)7-15-11(17)6-14/h2-5,8H,6-7,14H2,1H3,(H,15,17)(H,16,18)/t8-/m0/s1. The van der Waals surface area contributed by atoms with Crippen LogP contribution < -0.4 is 16.4 Å². The van der Waals surface area contributed by atoms with Gasteiger partial charge in [0.15, 0.2) is 0 Å². The van der Waals surface area contributed by atoms with Gasteiger partial charge in [0.2, 0.25) is 11.8 Å². The van der Waals surface area contributed by atoms with E-state index in [-0.39, 0.29) is 36.8 Å². The van der Waals surface area contributed by atoms with Crippen molar-refractivity contribution >= 4 is 11.8 Å². The van der Waals surface area contributed by atoms with Crippen LogP contribution in [0, 0.1) is 5.82 Å². The van der Waals surface area contributed by atoms with Crippen LogP contribution in [0.15, 0.2) is 24.3 Å². The molecular formula is C12H16FN3O2. The molecule has 0 heterocycles. The largest absolute Gasteiger partial charge is 0.348 e. The van der Waals surface area contributed by atoms with E-state index in [1.54, 1.807) is 19.1 Å². The van der Waals surface area contributed by atoms with Crippen molar-refractivity contribution < 1.29 is 14.0 Å². The summed E-state index contributed by atoms with van der Waals surface area (Å²) < 4.78 is 12.7. The molecule has 18 heavy (non-hydrogen) atoms. The highest BCUT2D eigenvalue weighted by atomic mass is 19.1. The van der Waals surface area contributed by atoms with E-state index in [4.69, 9.17) is 5.73 Å². The maximum atomic E-state index is 12.7. The topological polar surface area (TPSA) is 84.2 Å². The summed E-state index contributed by atoms with van der Waals surface area (Å²) in [5, 5.41) is 5.04. The molecule has 0 saturated heterocycles. The number of nitrogens with two attached hydrogens (primary N) is 1. The molecule has 2 amide bonds. The third-order valence-corrected chi connectivity index (χ3v) is 2.38. The minimum absolute atomic E-state index is 0.123. The molecule has 98 valence electrons. The molecule has 0 bridgehead atoms. The molecule has 5 nitrogen and oxygen atoms in total. The normalized spacial score (nSPS) is 11.7. The van der Waals surface area contributed by atoms with Gasteiger partial charge in [-0.05, 0) is 24.6 Å². The average molecular weight is 253 g/mol.